The highest BCUT2D eigenvalue weighted by Gasteiger charge is 2.25. The zero-order valence-corrected chi connectivity index (χ0v) is 24.6. The maximum absolute atomic E-state index is 12.6. The van der Waals surface area contributed by atoms with Crippen molar-refractivity contribution in [1.29, 1.82) is 10.5 Å². The van der Waals surface area contributed by atoms with Gasteiger partial charge in [0.25, 0.3) is 0 Å². The molecule has 0 aliphatic heterocycles. The Morgan fingerprint density at radius 2 is 0.905 bits per heavy atom. The molecule has 0 radical (unpaired) electrons. The van der Waals surface area contributed by atoms with E-state index in [1.54, 1.807) is 97.1 Å². The van der Waals surface area contributed by atoms with E-state index in [0.717, 1.165) is 60.8 Å². The average molecular weight is 595 g/mol. The molecule has 0 bridgehead atoms. The molecule has 0 amide bonds. The van der Waals surface area contributed by atoms with Gasteiger partial charge in [-0.3, -0.25) is 0 Å². The van der Waals surface area contributed by atoms with Gasteiger partial charge >= 0.3 is 0 Å². The minimum Gasteiger partial charge on any atom is -0.219 e. The Hall–Kier alpha value is -4.24. The molecule has 0 heterocycles. The summed E-state index contributed by atoms with van der Waals surface area (Å²) >= 11 is 0. The van der Waals surface area contributed by atoms with Gasteiger partial charge in [0.05, 0.1) is 43.6 Å². The number of fused-ring (bicyclic) bond motifs is 2. The minimum absolute atomic E-state index is 0.109. The minimum atomic E-state index is -3.48. The van der Waals surface area contributed by atoms with Gasteiger partial charge in [-0.15, -0.1) is 0 Å². The first-order valence-electron chi connectivity index (χ1n) is 13.9. The lowest BCUT2D eigenvalue weighted by molar-refractivity contribution is 0.593. The Morgan fingerprint density at radius 3 is 1.26 bits per heavy atom. The molecule has 0 saturated heterocycles. The Morgan fingerprint density at radius 1 is 0.524 bits per heavy atom. The van der Waals surface area contributed by atoms with Crippen LogP contribution in [0.3, 0.4) is 0 Å². The topological polar surface area (TPSA) is 116 Å². The molecule has 2 unspecified atom stereocenters. The summed E-state index contributed by atoms with van der Waals surface area (Å²) in [5, 5.41) is 18.4. The fraction of sp³-hybridized carbons (Fsp3) is 0.235. The van der Waals surface area contributed by atoms with Gasteiger partial charge in [0.2, 0.25) is 19.7 Å². The first kappa shape index (κ1) is 29.3. The average Bonchev–Trinajstić information content (AvgIpc) is 3.04. The number of hydrogen-bond donors (Lipinski definition) is 0. The van der Waals surface area contributed by atoms with Crippen molar-refractivity contribution in [3.8, 4) is 12.1 Å². The van der Waals surface area contributed by atoms with Crippen LogP contribution in [0.5, 0.6) is 0 Å². The van der Waals surface area contributed by atoms with Crippen LogP contribution in [0.4, 0.5) is 0 Å². The summed E-state index contributed by atoms with van der Waals surface area (Å²) in [5.74, 6) is -0.218. The van der Waals surface area contributed by atoms with Gasteiger partial charge in [0.15, 0.2) is 0 Å². The molecule has 8 heteroatoms. The van der Waals surface area contributed by atoms with E-state index in [2.05, 4.69) is 12.1 Å². The molecule has 4 aromatic rings. The van der Waals surface area contributed by atoms with Crippen LogP contribution in [0.1, 0.15) is 59.8 Å². The van der Waals surface area contributed by atoms with E-state index >= 15 is 0 Å². The Bertz CT molecular complexity index is 1750. The van der Waals surface area contributed by atoms with Crippen molar-refractivity contribution in [2.75, 3.05) is 0 Å². The van der Waals surface area contributed by atoms with Crippen molar-refractivity contribution < 1.29 is 16.8 Å². The first-order valence-corrected chi connectivity index (χ1v) is 16.9. The summed E-state index contributed by atoms with van der Waals surface area (Å²) in [7, 11) is -6.96. The monoisotopic (exact) mass is 594 g/mol. The van der Waals surface area contributed by atoms with Crippen molar-refractivity contribution >= 4 is 19.7 Å². The number of nitriles is 2. The lowest BCUT2D eigenvalue weighted by Crippen LogP contribution is -2.10. The highest BCUT2D eigenvalue weighted by atomic mass is 32.2. The molecule has 6 nitrogen and oxygen atoms in total. The van der Waals surface area contributed by atoms with Gasteiger partial charge in [-0.05, 0) is 109 Å². The molecule has 0 fully saturated rings. The molecule has 0 saturated carbocycles. The fourth-order valence-electron chi connectivity index (χ4n) is 5.66. The van der Waals surface area contributed by atoms with Crippen LogP contribution in [0.25, 0.3) is 0 Å². The number of rotatable bonds is 4. The number of nitrogens with zero attached hydrogens (tertiary/aromatic N) is 2. The molecule has 0 spiro atoms. The molecule has 2 aliphatic rings. The number of sulfone groups is 2. The summed E-state index contributed by atoms with van der Waals surface area (Å²) in [6, 6.07) is 31.8. The number of benzene rings is 4. The Kier molecular flexibility index (Phi) is 8.59. The van der Waals surface area contributed by atoms with E-state index in [1.807, 2.05) is 0 Å². The molecular weight excluding hydrogens is 565 g/mol. The molecule has 0 aromatic heterocycles. The van der Waals surface area contributed by atoms with Crippen molar-refractivity contribution in [2.45, 2.75) is 69.9 Å². The van der Waals surface area contributed by atoms with Crippen molar-refractivity contribution in [1.82, 2.24) is 0 Å². The smallest absolute Gasteiger partial charge is 0.206 e. The van der Waals surface area contributed by atoms with Crippen LogP contribution in [0, 0.1) is 22.7 Å². The third kappa shape index (κ3) is 5.87. The van der Waals surface area contributed by atoms with Gasteiger partial charge in [-0.2, -0.15) is 10.5 Å². The van der Waals surface area contributed by atoms with Crippen LogP contribution >= 0.6 is 0 Å². The maximum Gasteiger partial charge on any atom is 0.206 e. The van der Waals surface area contributed by atoms with Gasteiger partial charge in [0, 0.05) is 0 Å². The van der Waals surface area contributed by atoms with E-state index in [1.165, 1.54) is 0 Å². The molecule has 2 aliphatic carbocycles. The standard InChI is InChI=1S/2C17H15NO2S/c2*18-12-14-6-4-5-13-11-16(9-10-17(13)14)21(19,20)15-7-2-1-3-8-15/h2*1-3,7-11,14H,4-6H2. The highest BCUT2D eigenvalue weighted by Crippen LogP contribution is 2.35. The van der Waals surface area contributed by atoms with Crippen LogP contribution in [0.15, 0.2) is 117 Å². The molecule has 2 atom stereocenters. The molecule has 6 rings (SSSR count). The maximum atomic E-state index is 12.6. The summed E-state index contributed by atoms with van der Waals surface area (Å²) in [4.78, 5) is 1.23. The Labute approximate surface area is 247 Å². The summed E-state index contributed by atoms with van der Waals surface area (Å²) in [6.07, 6.45) is 5.25. The van der Waals surface area contributed by atoms with Crippen LogP contribution < -0.4 is 0 Å². The van der Waals surface area contributed by atoms with Crippen molar-refractivity contribution in [3.05, 3.63) is 119 Å². The predicted octanol–water partition coefficient (Wildman–Crippen LogP) is 6.93. The number of hydrogen-bond acceptors (Lipinski definition) is 6. The van der Waals surface area contributed by atoms with Gasteiger partial charge in [0.1, 0.15) is 0 Å². The molecule has 0 N–H and O–H groups in total. The summed E-state index contributed by atoms with van der Waals surface area (Å²) in [6.45, 7) is 0. The third-order valence-electron chi connectivity index (χ3n) is 7.90. The second kappa shape index (κ2) is 12.3. The van der Waals surface area contributed by atoms with E-state index in [0.29, 0.717) is 19.6 Å². The normalized spacial score (nSPS) is 17.8. The lowest BCUT2D eigenvalue weighted by atomic mass is 9.84. The zero-order valence-electron chi connectivity index (χ0n) is 23.0. The zero-order chi connectivity index (χ0) is 29.7. The van der Waals surface area contributed by atoms with Gasteiger partial charge in [-0.1, -0.05) is 48.5 Å². The second-order valence-electron chi connectivity index (χ2n) is 10.5. The number of aryl methyl sites for hydroxylation is 2. The Balaban J connectivity index is 0.000000168. The van der Waals surface area contributed by atoms with Crippen LogP contribution in [0.2, 0.25) is 0 Å². The van der Waals surface area contributed by atoms with E-state index < -0.39 is 19.7 Å². The largest absolute Gasteiger partial charge is 0.219 e. The highest BCUT2D eigenvalue weighted by molar-refractivity contribution is 7.91. The van der Waals surface area contributed by atoms with Crippen molar-refractivity contribution in [2.24, 2.45) is 0 Å². The molecule has 212 valence electrons. The van der Waals surface area contributed by atoms with Crippen LogP contribution in [-0.4, -0.2) is 16.8 Å². The SMILES string of the molecule is N#CC1CCCc2cc(S(=O)(=O)c3ccccc3)ccc21.N#CC1CCCc2cc(S(=O)(=O)c3ccccc3)ccc21. The fourth-order valence-corrected chi connectivity index (χ4v) is 8.32. The predicted molar refractivity (Wildman–Crippen MR) is 159 cm³/mol. The quantitative estimate of drug-likeness (QED) is 0.253. The van der Waals surface area contributed by atoms with E-state index in [-0.39, 0.29) is 11.8 Å². The first-order chi connectivity index (χ1) is 20.3. The molecule has 42 heavy (non-hydrogen) atoms. The lowest BCUT2D eigenvalue weighted by Gasteiger charge is -2.21. The van der Waals surface area contributed by atoms with Crippen LogP contribution in [-0.2, 0) is 32.5 Å². The third-order valence-corrected chi connectivity index (χ3v) is 11.4. The molecule has 4 aromatic carbocycles. The summed E-state index contributed by atoms with van der Waals surface area (Å²) in [5.41, 5.74) is 3.95. The van der Waals surface area contributed by atoms with Crippen molar-refractivity contribution in [3.63, 3.8) is 0 Å². The van der Waals surface area contributed by atoms with E-state index in [4.69, 9.17) is 0 Å². The molecular formula is C34H30N2O4S2. The summed E-state index contributed by atoms with van der Waals surface area (Å²) < 4.78 is 50.4. The van der Waals surface area contributed by atoms with Gasteiger partial charge < -0.3 is 0 Å². The van der Waals surface area contributed by atoms with Gasteiger partial charge in [-0.25, -0.2) is 16.8 Å². The van der Waals surface area contributed by atoms with E-state index in [9.17, 15) is 27.4 Å². The second-order valence-corrected chi connectivity index (χ2v) is 14.4.